The molecule has 1 saturated heterocycles. The average Bonchev–Trinajstić information content (AvgIpc) is 2.69. The van der Waals surface area contributed by atoms with Crippen LogP contribution in [0.5, 0.6) is 0 Å². The number of ketones is 1. The van der Waals surface area contributed by atoms with Crippen molar-refractivity contribution in [1.82, 2.24) is 4.90 Å². The van der Waals surface area contributed by atoms with E-state index in [0.717, 1.165) is 0 Å². The summed E-state index contributed by atoms with van der Waals surface area (Å²) in [5, 5.41) is 0. The Hall–Kier alpha value is -1.78. The molecule has 1 heterocycles. The number of hydrogen-bond donors (Lipinski definition) is 0. The maximum Gasteiger partial charge on any atom is 0.261 e. The van der Waals surface area contributed by atoms with Crippen LogP contribution in [0.25, 0.3) is 0 Å². The summed E-state index contributed by atoms with van der Waals surface area (Å²) in [4.78, 5) is 26.1. The minimum atomic E-state index is -0.519. The smallest absolute Gasteiger partial charge is 0.261 e. The second-order valence-electron chi connectivity index (χ2n) is 6.32. The van der Waals surface area contributed by atoms with E-state index in [2.05, 4.69) is 0 Å². The molecule has 110 valence electrons. The minimum absolute atomic E-state index is 0.0743. The second kappa shape index (κ2) is 4.65. The highest BCUT2D eigenvalue weighted by molar-refractivity contribution is 6.07. The molecule has 2 aliphatic rings. The summed E-state index contributed by atoms with van der Waals surface area (Å²) >= 11 is 0. The van der Waals surface area contributed by atoms with Gasteiger partial charge in [-0.25, -0.2) is 0 Å². The van der Waals surface area contributed by atoms with Crippen molar-refractivity contribution in [2.75, 3.05) is 20.8 Å². The molecule has 0 atom stereocenters. The maximum absolute atomic E-state index is 12.3. The van der Waals surface area contributed by atoms with Crippen LogP contribution in [-0.4, -0.2) is 42.9 Å². The molecular formula is C15H21NO4. The summed E-state index contributed by atoms with van der Waals surface area (Å²) in [6.45, 7) is 6.53. The van der Waals surface area contributed by atoms with E-state index in [1.807, 2.05) is 25.7 Å². The number of ether oxygens (including phenoxy) is 2. The number of Topliss-reactive ketones (excluding diaryl/α,β-unsaturated/α-hetero) is 1. The monoisotopic (exact) mass is 279 g/mol. The molecular weight excluding hydrogens is 258 g/mol. The fourth-order valence-electron chi connectivity index (χ4n) is 2.74. The number of rotatable bonds is 2. The topological polar surface area (TPSA) is 55.8 Å². The Labute approximate surface area is 119 Å². The molecule has 0 radical (unpaired) electrons. The Morgan fingerprint density at radius 3 is 1.95 bits per heavy atom. The number of likely N-dealkylation sites (tertiary alicyclic amines) is 1. The lowest BCUT2D eigenvalue weighted by atomic mass is 9.81. The van der Waals surface area contributed by atoms with Crippen molar-refractivity contribution in [1.29, 1.82) is 0 Å². The van der Waals surface area contributed by atoms with Gasteiger partial charge in [-0.2, -0.15) is 0 Å². The summed E-state index contributed by atoms with van der Waals surface area (Å²) in [5.74, 6) is 0.286. The van der Waals surface area contributed by atoms with E-state index in [1.165, 1.54) is 14.2 Å². The van der Waals surface area contributed by atoms with Crippen LogP contribution in [0.3, 0.4) is 0 Å². The molecule has 1 fully saturated rings. The summed E-state index contributed by atoms with van der Waals surface area (Å²) in [6, 6.07) is 0. The Kier molecular flexibility index (Phi) is 3.40. The van der Waals surface area contributed by atoms with Gasteiger partial charge in [0.25, 0.3) is 5.78 Å². The van der Waals surface area contributed by atoms with Gasteiger partial charge in [0.1, 0.15) is 0 Å². The van der Waals surface area contributed by atoms with Crippen molar-refractivity contribution < 1.29 is 19.1 Å². The molecule has 0 saturated carbocycles. The number of amides is 1. The van der Waals surface area contributed by atoms with Gasteiger partial charge in [-0.1, -0.05) is 0 Å². The SMILES string of the molecule is COC1=CC2(C=C(OC)C1=O)CC(=O)N(C(C)(C)C)C2. The van der Waals surface area contributed by atoms with E-state index in [1.54, 1.807) is 12.2 Å². The largest absolute Gasteiger partial charge is 0.493 e. The van der Waals surface area contributed by atoms with Gasteiger partial charge in [-0.05, 0) is 32.9 Å². The van der Waals surface area contributed by atoms with Crippen LogP contribution < -0.4 is 0 Å². The first-order valence-electron chi connectivity index (χ1n) is 6.61. The first kappa shape index (κ1) is 14.6. The Balaban J connectivity index is 2.41. The number of methoxy groups -OCH3 is 2. The van der Waals surface area contributed by atoms with Crippen molar-refractivity contribution in [2.45, 2.75) is 32.7 Å². The summed E-state index contributed by atoms with van der Waals surface area (Å²) in [5.41, 5.74) is -0.765. The normalized spacial score (nSPS) is 21.9. The third-order valence-corrected chi connectivity index (χ3v) is 3.77. The average molecular weight is 279 g/mol. The van der Waals surface area contributed by atoms with Crippen LogP contribution in [0.2, 0.25) is 0 Å². The van der Waals surface area contributed by atoms with E-state index < -0.39 is 5.41 Å². The molecule has 0 aromatic rings. The minimum Gasteiger partial charge on any atom is -0.493 e. The molecule has 20 heavy (non-hydrogen) atoms. The lowest BCUT2D eigenvalue weighted by Crippen LogP contribution is -2.43. The van der Waals surface area contributed by atoms with E-state index in [9.17, 15) is 9.59 Å². The zero-order valence-electron chi connectivity index (χ0n) is 12.6. The van der Waals surface area contributed by atoms with E-state index in [-0.39, 0.29) is 28.7 Å². The standard InChI is InChI=1S/C15H21NO4/c1-14(2,3)16-9-15(8-12(16)17)6-10(19-4)13(18)11(7-15)20-5/h6-7H,8-9H2,1-5H3. The third-order valence-electron chi connectivity index (χ3n) is 3.77. The van der Waals surface area contributed by atoms with Gasteiger partial charge in [0.2, 0.25) is 5.91 Å². The maximum atomic E-state index is 12.3. The number of carbonyl (C=O) groups excluding carboxylic acids is 2. The zero-order valence-corrected chi connectivity index (χ0v) is 12.6. The van der Waals surface area contributed by atoms with Crippen molar-refractivity contribution in [3.63, 3.8) is 0 Å². The molecule has 1 aliphatic heterocycles. The van der Waals surface area contributed by atoms with Crippen molar-refractivity contribution in [3.05, 3.63) is 23.7 Å². The van der Waals surface area contributed by atoms with Gasteiger partial charge in [0, 0.05) is 23.9 Å². The Morgan fingerprint density at radius 2 is 1.60 bits per heavy atom. The lowest BCUT2D eigenvalue weighted by Gasteiger charge is -2.34. The molecule has 2 rings (SSSR count). The van der Waals surface area contributed by atoms with Gasteiger partial charge in [0.15, 0.2) is 11.5 Å². The zero-order chi connectivity index (χ0) is 15.1. The fourth-order valence-corrected chi connectivity index (χ4v) is 2.74. The number of carbonyl (C=O) groups is 2. The summed E-state index contributed by atoms with van der Waals surface area (Å²) < 4.78 is 10.3. The summed E-state index contributed by atoms with van der Waals surface area (Å²) in [6.07, 6.45) is 3.83. The highest BCUT2D eigenvalue weighted by Crippen LogP contribution is 2.42. The molecule has 0 bridgehead atoms. The lowest BCUT2D eigenvalue weighted by molar-refractivity contribution is -0.131. The van der Waals surface area contributed by atoms with Gasteiger partial charge in [-0.15, -0.1) is 0 Å². The van der Waals surface area contributed by atoms with Gasteiger partial charge >= 0.3 is 0 Å². The van der Waals surface area contributed by atoms with Crippen LogP contribution in [0.15, 0.2) is 23.7 Å². The van der Waals surface area contributed by atoms with Crippen molar-refractivity contribution in [3.8, 4) is 0 Å². The van der Waals surface area contributed by atoms with E-state index in [4.69, 9.17) is 9.47 Å². The third kappa shape index (κ3) is 2.32. The van der Waals surface area contributed by atoms with E-state index >= 15 is 0 Å². The molecule has 5 nitrogen and oxygen atoms in total. The molecule has 1 aliphatic carbocycles. The van der Waals surface area contributed by atoms with Gasteiger partial charge < -0.3 is 14.4 Å². The molecule has 0 N–H and O–H groups in total. The first-order valence-corrected chi connectivity index (χ1v) is 6.61. The number of nitrogens with zero attached hydrogens (tertiary/aromatic N) is 1. The highest BCUT2D eigenvalue weighted by atomic mass is 16.5. The molecule has 0 aromatic heterocycles. The van der Waals surface area contributed by atoms with Crippen LogP contribution in [0.4, 0.5) is 0 Å². The highest BCUT2D eigenvalue weighted by Gasteiger charge is 2.47. The predicted molar refractivity (Wildman–Crippen MR) is 73.7 cm³/mol. The second-order valence-corrected chi connectivity index (χ2v) is 6.32. The quantitative estimate of drug-likeness (QED) is 0.771. The van der Waals surface area contributed by atoms with Crippen molar-refractivity contribution >= 4 is 11.7 Å². The van der Waals surface area contributed by atoms with Crippen LogP contribution >= 0.6 is 0 Å². The molecule has 0 aromatic carbocycles. The molecule has 5 heteroatoms. The molecule has 1 spiro atoms. The Bertz CT molecular complexity index is 486. The Morgan fingerprint density at radius 1 is 1.10 bits per heavy atom. The first-order chi connectivity index (χ1) is 9.22. The van der Waals surface area contributed by atoms with Crippen LogP contribution in [0.1, 0.15) is 27.2 Å². The molecule has 0 unspecified atom stereocenters. The van der Waals surface area contributed by atoms with Crippen LogP contribution in [0, 0.1) is 5.41 Å². The fraction of sp³-hybridized carbons (Fsp3) is 0.600. The van der Waals surface area contributed by atoms with Crippen LogP contribution in [-0.2, 0) is 19.1 Å². The number of hydrogen-bond acceptors (Lipinski definition) is 4. The van der Waals surface area contributed by atoms with Crippen molar-refractivity contribution in [2.24, 2.45) is 5.41 Å². The molecule has 1 amide bonds. The van der Waals surface area contributed by atoms with Gasteiger partial charge in [0.05, 0.1) is 14.2 Å². The van der Waals surface area contributed by atoms with Gasteiger partial charge in [-0.3, -0.25) is 9.59 Å². The van der Waals surface area contributed by atoms with E-state index in [0.29, 0.717) is 13.0 Å². The predicted octanol–water partition coefficient (Wildman–Crippen LogP) is 1.65. The summed E-state index contributed by atoms with van der Waals surface area (Å²) in [7, 11) is 2.91.